The summed E-state index contributed by atoms with van der Waals surface area (Å²) in [6.07, 6.45) is 0. The molecule has 0 aromatic carbocycles. The van der Waals surface area contributed by atoms with Crippen molar-refractivity contribution in [1.82, 2.24) is 10.2 Å². The highest BCUT2D eigenvalue weighted by atomic mass is 16.5. The summed E-state index contributed by atoms with van der Waals surface area (Å²) in [7, 11) is 1.59. The molecule has 1 aromatic rings. The number of methoxy groups -OCH3 is 1. The Morgan fingerprint density at radius 2 is 2.33 bits per heavy atom. The first kappa shape index (κ1) is 8.50. The molecule has 2 N–H and O–H groups in total. The Morgan fingerprint density at radius 3 is 2.92 bits per heavy atom. The van der Waals surface area contributed by atoms with Crippen LogP contribution in [0.15, 0.2) is 12.1 Å². The van der Waals surface area contributed by atoms with Crippen molar-refractivity contribution in [1.29, 1.82) is 0 Å². The number of anilines is 1. The van der Waals surface area contributed by atoms with Crippen molar-refractivity contribution < 1.29 is 4.74 Å². The lowest BCUT2D eigenvalue weighted by molar-refractivity contribution is 0.240. The average Bonchev–Trinajstić information content (AvgIpc) is 2.09. The summed E-state index contributed by atoms with van der Waals surface area (Å²) in [5, 5.41) is 7.39. The average molecular weight is 163 g/mol. The molecule has 1 aromatic heterocycles. The number of nitrogens with two attached hydrogens (primary N) is 1. The minimum Gasteiger partial charge on any atom is -0.382 e. The molecule has 0 spiro atoms. The lowest BCUT2D eigenvalue weighted by Crippen LogP contribution is -1.93. The number of nitrogen functional groups attached to an aromatic ring is 1. The first-order valence-electron chi connectivity index (χ1n) is 3.40. The molecule has 0 saturated carbocycles. The standard InChI is InChI=1S/C8H9N3O/c1-12-6-2-3-7-4-5-8(9)11-10-7/h4-5H,6H2,1H3,(H2,9,11). The number of rotatable bonds is 1. The second kappa shape index (κ2) is 4.31. The molecule has 0 fully saturated rings. The Balaban J connectivity index is 2.66. The monoisotopic (exact) mass is 163 g/mol. The van der Waals surface area contributed by atoms with Crippen LogP contribution in [0.25, 0.3) is 0 Å². The van der Waals surface area contributed by atoms with Crippen molar-refractivity contribution in [3.63, 3.8) is 0 Å². The Hall–Kier alpha value is -1.60. The van der Waals surface area contributed by atoms with Crippen molar-refractivity contribution >= 4 is 5.82 Å². The maximum Gasteiger partial charge on any atom is 0.146 e. The van der Waals surface area contributed by atoms with Crippen LogP contribution in [0.3, 0.4) is 0 Å². The van der Waals surface area contributed by atoms with Crippen LogP contribution in [0.1, 0.15) is 5.69 Å². The minimum absolute atomic E-state index is 0.395. The zero-order valence-electron chi connectivity index (χ0n) is 6.74. The van der Waals surface area contributed by atoms with Gasteiger partial charge < -0.3 is 10.5 Å². The molecule has 0 aliphatic rings. The SMILES string of the molecule is COCC#Cc1ccc(N)nn1. The van der Waals surface area contributed by atoms with Crippen LogP contribution >= 0.6 is 0 Å². The van der Waals surface area contributed by atoms with Crippen LogP contribution in [0.4, 0.5) is 5.82 Å². The molecule has 62 valence electrons. The number of ether oxygens (including phenoxy) is 1. The Morgan fingerprint density at radius 1 is 1.50 bits per heavy atom. The summed E-state index contributed by atoms with van der Waals surface area (Å²) in [4.78, 5) is 0. The van der Waals surface area contributed by atoms with Crippen LogP contribution in [0.5, 0.6) is 0 Å². The molecule has 1 heterocycles. The molecular weight excluding hydrogens is 154 g/mol. The van der Waals surface area contributed by atoms with Crippen molar-refractivity contribution in [2.75, 3.05) is 19.5 Å². The zero-order valence-corrected chi connectivity index (χ0v) is 6.74. The Kier molecular flexibility index (Phi) is 3.05. The molecule has 0 aliphatic carbocycles. The Labute approximate surface area is 70.8 Å². The van der Waals surface area contributed by atoms with E-state index in [1.54, 1.807) is 19.2 Å². The first-order chi connectivity index (χ1) is 5.83. The van der Waals surface area contributed by atoms with Crippen LogP contribution in [-0.4, -0.2) is 23.9 Å². The topological polar surface area (TPSA) is 61.0 Å². The van der Waals surface area contributed by atoms with Gasteiger partial charge in [-0.2, -0.15) is 0 Å². The normalized spacial score (nSPS) is 8.75. The van der Waals surface area contributed by atoms with E-state index in [1.807, 2.05) is 0 Å². The minimum atomic E-state index is 0.395. The highest BCUT2D eigenvalue weighted by Gasteiger charge is 1.87. The third-order valence-electron chi connectivity index (χ3n) is 1.12. The molecule has 4 nitrogen and oxygen atoms in total. The molecule has 0 aliphatic heterocycles. The third-order valence-corrected chi connectivity index (χ3v) is 1.12. The molecule has 0 unspecified atom stereocenters. The van der Waals surface area contributed by atoms with Gasteiger partial charge in [0.05, 0.1) is 0 Å². The molecule has 0 atom stereocenters. The van der Waals surface area contributed by atoms with Gasteiger partial charge in [0, 0.05) is 7.11 Å². The van der Waals surface area contributed by atoms with E-state index < -0.39 is 0 Å². The van der Waals surface area contributed by atoms with Gasteiger partial charge in [-0.15, -0.1) is 10.2 Å². The maximum atomic E-state index is 5.34. The fourth-order valence-corrected chi connectivity index (χ4v) is 0.608. The van der Waals surface area contributed by atoms with E-state index in [0.29, 0.717) is 18.1 Å². The van der Waals surface area contributed by atoms with Gasteiger partial charge in [0.1, 0.15) is 18.1 Å². The van der Waals surface area contributed by atoms with Gasteiger partial charge in [0.25, 0.3) is 0 Å². The molecule has 0 amide bonds. The number of aromatic nitrogens is 2. The van der Waals surface area contributed by atoms with E-state index in [-0.39, 0.29) is 0 Å². The van der Waals surface area contributed by atoms with E-state index in [0.717, 1.165) is 0 Å². The molecule has 0 saturated heterocycles. The molecule has 0 radical (unpaired) electrons. The fraction of sp³-hybridized carbons (Fsp3) is 0.250. The largest absolute Gasteiger partial charge is 0.382 e. The van der Waals surface area contributed by atoms with Gasteiger partial charge in [-0.25, -0.2) is 0 Å². The highest BCUT2D eigenvalue weighted by Crippen LogP contribution is 1.94. The zero-order chi connectivity index (χ0) is 8.81. The van der Waals surface area contributed by atoms with E-state index in [9.17, 15) is 0 Å². The second-order valence-electron chi connectivity index (χ2n) is 2.08. The summed E-state index contributed by atoms with van der Waals surface area (Å²) >= 11 is 0. The van der Waals surface area contributed by atoms with E-state index in [4.69, 9.17) is 10.5 Å². The number of hydrogen-bond acceptors (Lipinski definition) is 4. The maximum absolute atomic E-state index is 5.34. The lowest BCUT2D eigenvalue weighted by atomic mass is 10.4. The molecule has 4 heteroatoms. The second-order valence-corrected chi connectivity index (χ2v) is 2.08. The van der Waals surface area contributed by atoms with Gasteiger partial charge in [-0.3, -0.25) is 0 Å². The highest BCUT2D eigenvalue weighted by molar-refractivity contribution is 5.32. The van der Waals surface area contributed by atoms with Crippen LogP contribution in [-0.2, 0) is 4.74 Å². The number of hydrogen-bond donors (Lipinski definition) is 1. The third kappa shape index (κ3) is 2.56. The summed E-state index contributed by atoms with van der Waals surface area (Å²) in [6.45, 7) is 0.395. The van der Waals surface area contributed by atoms with Crippen molar-refractivity contribution in [3.05, 3.63) is 17.8 Å². The molecule has 1 rings (SSSR count). The van der Waals surface area contributed by atoms with Crippen molar-refractivity contribution in [2.24, 2.45) is 0 Å². The van der Waals surface area contributed by atoms with Gasteiger partial charge in [-0.1, -0.05) is 5.92 Å². The predicted octanol–water partition coefficient (Wildman–Crippen LogP) is 0.0567. The summed E-state index contributed by atoms with van der Waals surface area (Å²) in [6, 6.07) is 3.37. The summed E-state index contributed by atoms with van der Waals surface area (Å²) < 4.78 is 4.74. The summed E-state index contributed by atoms with van der Waals surface area (Å²) in [5.41, 5.74) is 5.93. The number of nitrogens with zero attached hydrogens (tertiary/aromatic N) is 2. The van der Waals surface area contributed by atoms with Crippen molar-refractivity contribution in [2.45, 2.75) is 0 Å². The van der Waals surface area contributed by atoms with Crippen LogP contribution in [0.2, 0.25) is 0 Å². The smallest absolute Gasteiger partial charge is 0.146 e. The van der Waals surface area contributed by atoms with Gasteiger partial charge in [0.2, 0.25) is 0 Å². The Bertz CT molecular complexity index is 296. The van der Waals surface area contributed by atoms with Gasteiger partial charge in [0.15, 0.2) is 0 Å². The lowest BCUT2D eigenvalue weighted by Gasteiger charge is -1.89. The van der Waals surface area contributed by atoms with Gasteiger partial charge in [-0.05, 0) is 18.1 Å². The summed E-state index contributed by atoms with van der Waals surface area (Å²) in [5.74, 6) is 5.92. The molecular formula is C8H9N3O. The van der Waals surface area contributed by atoms with Gasteiger partial charge >= 0.3 is 0 Å². The fourth-order valence-electron chi connectivity index (χ4n) is 0.608. The quantitative estimate of drug-likeness (QED) is 0.594. The predicted molar refractivity (Wildman–Crippen MR) is 45.2 cm³/mol. The molecule has 0 bridgehead atoms. The molecule has 12 heavy (non-hydrogen) atoms. The van der Waals surface area contributed by atoms with E-state index in [2.05, 4.69) is 22.0 Å². The van der Waals surface area contributed by atoms with E-state index in [1.165, 1.54) is 0 Å². The van der Waals surface area contributed by atoms with Crippen LogP contribution < -0.4 is 5.73 Å². The van der Waals surface area contributed by atoms with Crippen LogP contribution in [0, 0.1) is 11.8 Å². The van der Waals surface area contributed by atoms with E-state index >= 15 is 0 Å². The first-order valence-corrected chi connectivity index (χ1v) is 3.40. The van der Waals surface area contributed by atoms with Crippen molar-refractivity contribution in [3.8, 4) is 11.8 Å².